The summed E-state index contributed by atoms with van der Waals surface area (Å²) in [5, 5.41) is 13.1. The highest BCUT2D eigenvalue weighted by molar-refractivity contribution is 6.31. The molecule has 0 aliphatic carbocycles. The highest BCUT2D eigenvalue weighted by Gasteiger charge is 2.12. The van der Waals surface area contributed by atoms with Crippen molar-refractivity contribution >= 4 is 34.0 Å². The summed E-state index contributed by atoms with van der Waals surface area (Å²) in [6, 6.07) is 23.5. The fourth-order valence-electron chi connectivity index (χ4n) is 3.48. The van der Waals surface area contributed by atoms with Crippen LogP contribution in [0, 0.1) is 17.1 Å². The van der Waals surface area contributed by atoms with E-state index in [1.54, 1.807) is 30.6 Å². The second-order valence-corrected chi connectivity index (χ2v) is 7.72. The quantitative estimate of drug-likeness (QED) is 0.326. The van der Waals surface area contributed by atoms with Crippen molar-refractivity contribution in [2.24, 2.45) is 0 Å². The first-order valence-corrected chi connectivity index (χ1v) is 10.4. The minimum atomic E-state index is -0.488. The first kappa shape index (κ1) is 20.6. The van der Waals surface area contributed by atoms with Crippen LogP contribution in [0.3, 0.4) is 0 Å². The molecule has 0 saturated heterocycles. The van der Waals surface area contributed by atoms with Crippen molar-refractivity contribution in [3.05, 3.63) is 102 Å². The number of nitrogens with zero attached hydrogens (tertiary/aromatic N) is 4. The van der Waals surface area contributed by atoms with Crippen molar-refractivity contribution in [2.75, 3.05) is 5.32 Å². The van der Waals surface area contributed by atoms with E-state index in [0.29, 0.717) is 22.9 Å². The fraction of sp³-hybridized carbons (Fsp3) is 0. The Hall–Kier alpha value is -4.34. The maximum atomic E-state index is 13.6. The van der Waals surface area contributed by atoms with Gasteiger partial charge in [-0.3, -0.25) is 4.98 Å². The van der Waals surface area contributed by atoms with Gasteiger partial charge in [0.1, 0.15) is 11.6 Å². The minimum Gasteiger partial charge on any atom is -0.340 e. The van der Waals surface area contributed by atoms with E-state index in [4.69, 9.17) is 26.8 Å². The summed E-state index contributed by atoms with van der Waals surface area (Å²) in [6.45, 7) is 0. The molecule has 0 amide bonds. The zero-order valence-corrected chi connectivity index (χ0v) is 17.9. The molecule has 1 N–H and O–H groups in total. The normalized spacial score (nSPS) is 10.7. The van der Waals surface area contributed by atoms with Crippen LogP contribution in [0.25, 0.3) is 33.4 Å². The number of benzene rings is 3. The summed E-state index contributed by atoms with van der Waals surface area (Å²) in [7, 11) is 0. The van der Waals surface area contributed by atoms with E-state index >= 15 is 0 Å². The van der Waals surface area contributed by atoms with Crippen LogP contribution in [0.1, 0.15) is 5.56 Å². The Kier molecular flexibility index (Phi) is 5.39. The molecule has 5 rings (SSSR count). The molecule has 33 heavy (non-hydrogen) atoms. The Morgan fingerprint density at radius 2 is 1.70 bits per heavy atom. The molecule has 3 aromatic carbocycles. The van der Waals surface area contributed by atoms with Gasteiger partial charge < -0.3 is 5.32 Å². The van der Waals surface area contributed by atoms with Gasteiger partial charge in [-0.1, -0.05) is 29.8 Å². The van der Waals surface area contributed by atoms with E-state index in [-0.39, 0.29) is 5.02 Å². The summed E-state index contributed by atoms with van der Waals surface area (Å²) in [5.41, 5.74) is 4.63. The van der Waals surface area contributed by atoms with E-state index in [9.17, 15) is 4.39 Å². The minimum absolute atomic E-state index is 0.0222. The van der Waals surface area contributed by atoms with Crippen LogP contribution in [0.2, 0.25) is 5.02 Å². The van der Waals surface area contributed by atoms with Crippen molar-refractivity contribution in [3.63, 3.8) is 0 Å². The standard InChI is InChI=1S/C26H15ClFN5/c27-22-13-20(8-10-23(22)28)31-26-21-9-7-18(17-5-3-16(14-29)4-6-17)12-24(21)32-25(33-26)19-2-1-11-30-15-19/h1-13,15H,(H,31,32,33). The third-order valence-electron chi connectivity index (χ3n) is 5.15. The van der Waals surface area contributed by atoms with Gasteiger partial charge in [0, 0.05) is 29.0 Å². The predicted octanol–water partition coefficient (Wildman–Crippen LogP) is 6.77. The lowest BCUT2D eigenvalue weighted by Crippen LogP contribution is -2.00. The molecule has 0 aliphatic rings. The number of fused-ring (bicyclic) bond motifs is 1. The average molecular weight is 452 g/mol. The van der Waals surface area contributed by atoms with E-state index in [0.717, 1.165) is 27.6 Å². The molecular formula is C26H15ClFN5. The van der Waals surface area contributed by atoms with Crippen LogP contribution in [0.5, 0.6) is 0 Å². The largest absolute Gasteiger partial charge is 0.340 e. The van der Waals surface area contributed by atoms with Gasteiger partial charge in [0.25, 0.3) is 0 Å². The summed E-state index contributed by atoms with van der Waals surface area (Å²) in [5.74, 6) is 0.578. The molecule has 5 nitrogen and oxygen atoms in total. The average Bonchev–Trinajstić information content (AvgIpc) is 2.86. The van der Waals surface area contributed by atoms with Crippen molar-refractivity contribution in [3.8, 4) is 28.6 Å². The first-order chi connectivity index (χ1) is 16.1. The molecular weight excluding hydrogens is 437 g/mol. The maximum absolute atomic E-state index is 13.6. The van der Waals surface area contributed by atoms with Gasteiger partial charge in [-0.2, -0.15) is 5.26 Å². The van der Waals surface area contributed by atoms with Crippen LogP contribution in [-0.4, -0.2) is 15.0 Å². The lowest BCUT2D eigenvalue weighted by molar-refractivity contribution is 0.628. The van der Waals surface area contributed by atoms with Crippen molar-refractivity contribution in [1.29, 1.82) is 5.26 Å². The van der Waals surface area contributed by atoms with Crippen LogP contribution in [0.4, 0.5) is 15.9 Å². The molecule has 0 fully saturated rings. The highest BCUT2D eigenvalue weighted by Crippen LogP contribution is 2.31. The third kappa shape index (κ3) is 4.22. The van der Waals surface area contributed by atoms with Crippen molar-refractivity contribution in [1.82, 2.24) is 15.0 Å². The molecule has 0 saturated carbocycles. The first-order valence-electron chi connectivity index (χ1n) is 10.1. The predicted molar refractivity (Wildman–Crippen MR) is 128 cm³/mol. The van der Waals surface area contributed by atoms with Crippen LogP contribution in [-0.2, 0) is 0 Å². The number of nitrogens with one attached hydrogen (secondary N) is 1. The molecule has 0 atom stereocenters. The van der Waals surface area contributed by atoms with Gasteiger partial charge >= 0.3 is 0 Å². The zero-order valence-electron chi connectivity index (χ0n) is 17.1. The molecule has 0 unspecified atom stereocenters. The summed E-state index contributed by atoms with van der Waals surface area (Å²) >= 11 is 5.96. The Balaban J connectivity index is 1.65. The molecule has 0 bridgehead atoms. The number of halogens is 2. The molecule has 2 heterocycles. The van der Waals surface area contributed by atoms with E-state index in [1.165, 1.54) is 12.1 Å². The van der Waals surface area contributed by atoms with Gasteiger partial charge in [-0.15, -0.1) is 0 Å². The number of hydrogen-bond donors (Lipinski definition) is 1. The summed E-state index contributed by atoms with van der Waals surface area (Å²) < 4.78 is 13.6. The summed E-state index contributed by atoms with van der Waals surface area (Å²) in [4.78, 5) is 13.6. The highest BCUT2D eigenvalue weighted by atomic mass is 35.5. The number of hydrogen-bond acceptors (Lipinski definition) is 5. The maximum Gasteiger partial charge on any atom is 0.163 e. The van der Waals surface area contributed by atoms with E-state index < -0.39 is 5.82 Å². The van der Waals surface area contributed by atoms with Gasteiger partial charge in [0.05, 0.1) is 22.2 Å². The van der Waals surface area contributed by atoms with Crippen LogP contribution in [0.15, 0.2) is 85.2 Å². The van der Waals surface area contributed by atoms with Gasteiger partial charge in [-0.05, 0) is 65.7 Å². The molecule has 2 aromatic heterocycles. The Morgan fingerprint density at radius 3 is 2.42 bits per heavy atom. The topological polar surface area (TPSA) is 74.5 Å². The number of anilines is 2. The molecule has 158 valence electrons. The van der Waals surface area contributed by atoms with Gasteiger partial charge in [-0.25, -0.2) is 14.4 Å². The zero-order chi connectivity index (χ0) is 22.8. The molecule has 0 aliphatic heterocycles. The van der Waals surface area contributed by atoms with Crippen LogP contribution < -0.4 is 5.32 Å². The molecule has 7 heteroatoms. The number of nitriles is 1. The number of aromatic nitrogens is 3. The third-order valence-corrected chi connectivity index (χ3v) is 5.44. The van der Waals surface area contributed by atoms with Crippen molar-refractivity contribution < 1.29 is 4.39 Å². The van der Waals surface area contributed by atoms with Gasteiger partial charge in [0.2, 0.25) is 0 Å². The van der Waals surface area contributed by atoms with Crippen LogP contribution >= 0.6 is 11.6 Å². The number of pyridine rings is 1. The molecule has 0 radical (unpaired) electrons. The molecule has 5 aromatic rings. The molecule has 0 spiro atoms. The second-order valence-electron chi connectivity index (χ2n) is 7.31. The Labute approximate surface area is 194 Å². The Bertz CT molecular complexity index is 1510. The monoisotopic (exact) mass is 451 g/mol. The van der Waals surface area contributed by atoms with Gasteiger partial charge in [0.15, 0.2) is 5.82 Å². The SMILES string of the molecule is N#Cc1ccc(-c2ccc3c(Nc4ccc(F)c(Cl)c4)nc(-c4cccnc4)nc3c2)cc1. The fourth-order valence-corrected chi connectivity index (χ4v) is 3.66. The van der Waals surface area contributed by atoms with E-state index in [2.05, 4.69) is 16.4 Å². The Morgan fingerprint density at radius 1 is 0.879 bits per heavy atom. The number of rotatable bonds is 4. The lowest BCUT2D eigenvalue weighted by Gasteiger charge is -2.13. The smallest absolute Gasteiger partial charge is 0.163 e. The summed E-state index contributed by atoms with van der Waals surface area (Å²) in [6.07, 6.45) is 3.39. The second kappa shape index (κ2) is 8.65. The van der Waals surface area contributed by atoms with E-state index in [1.807, 2.05) is 42.5 Å². The lowest BCUT2D eigenvalue weighted by atomic mass is 10.0. The van der Waals surface area contributed by atoms with Crippen molar-refractivity contribution in [2.45, 2.75) is 0 Å².